The van der Waals surface area contributed by atoms with Gasteiger partial charge in [0.15, 0.2) is 0 Å². The van der Waals surface area contributed by atoms with E-state index in [0.717, 1.165) is 10.9 Å². The van der Waals surface area contributed by atoms with Crippen LogP contribution in [0.4, 0.5) is 0 Å². The van der Waals surface area contributed by atoms with Crippen molar-refractivity contribution in [3.8, 4) is 0 Å². The van der Waals surface area contributed by atoms with Crippen LogP contribution in [0.2, 0.25) is 0 Å². The number of benzene rings is 1. The van der Waals surface area contributed by atoms with E-state index in [0.29, 0.717) is 0 Å². The molecular weight excluding hydrogens is 328 g/mol. The number of alkyl halides is 1. The molecule has 1 unspecified atom stereocenters. The zero-order valence-corrected chi connectivity index (χ0v) is 13.5. The Bertz CT molecular complexity index is 489. The zero-order chi connectivity index (χ0) is 13.0. The summed E-state index contributed by atoms with van der Waals surface area (Å²) in [6, 6.07) is 10.7. The van der Waals surface area contributed by atoms with Crippen LogP contribution in [-0.2, 0) is 6.42 Å². The Hall–Kier alpha value is -0.310. The molecule has 0 bridgehead atoms. The maximum Gasteiger partial charge on any atom is 0.0939 e. The topological polar surface area (TPSA) is 0 Å². The van der Waals surface area contributed by atoms with E-state index in [-0.39, 0.29) is 5.38 Å². The molecule has 18 heavy (non-hydrogen) atoms. The standard InChI is InChI=1S/C15H16BrClS/c1-2-3-4-11-5-7-12(8-6-11)14(17)15-13(16)9-10-18-15/h5-10,14H,2-4H2,1H3. The molecule has 0 aliphatic carbocycles. The van der Waals surface area contributed by atoms with E-state index in [1.807, 2.05) is 6.07 Å². The van der Waals surface area contributed by atoms with E-state index < -0.39 is 0 Å². The number of aryl methyl sites for hydroxylation is 1. The molecule has 0 saturated carbocycles. The fourth-order valence-electron chi connectivity index (χ4n) is 1.87. The third kappa shape index (κ3) is 3.37. The lowest BCUT2D eigenvalue weighted by Gasteiger charge is -2.09. The van der Waals surface area contributed by atoms with Gasteiger partial charge in [-0.2, -0.15) is 0 Å². The zero-order valence-electron chi connectivity index (χ0n) is 10.3. The van der Waals surface area contributed by atoms with E-state index in [2.05, 4.69) is 52.5 Å². The second-order valence-electron chi connectivity index (χ2n) is 4.34. The first-order valence-electron chi connectivity index (χ1n) is 6.18. The van der Waals surface area contributed by atoms with Crippen LogP contribution in [0.1, 0.15) is 41.1 Å². The predicted octanol–water partition coefficient (Wildman–Crippen LogP) is 6.18. The minimum absolute atomic E-state index is 0.0559. The normalized spacial score (nSPS) is 12.6. The Labute approximate surface area is 126 Å². The van der Waals surface area contributed by atoms with Crippen LogP contribution in [0, 0.1) is 0 Å². The average molecular weight is 344 g/mol. The summed E-state index contributed by atoms with van der Waals surface area (Å²) >= 11 is 11.7. The molecule has 1 heterocycles. The van der Waals surface area contributed by atoms with E-state index in [1.165, 1.54) is 28.8 Å². The van der Waals surface area contributed by atoms with Crippen LogP contribution in [-0.4, -0.2) is 0 Å². The highest BCUT2D eigenvalue weighted by Crippen LogP contribution is 2.37. The number of hydrogen-bond acceptors (Lipinski definition) is 1. The van der Waals surface area contributed by atoms with Crippen LogP contribution in [0.3, 0.4) is 0 Å². The predicted molar refractivity (Wildman–Crippen MR) is 84.8 cm³/mol. The Morgan fingerprint density at radius 2 is 1.94 bits per heavy atom. The summed E-state index contributed by atoms with van der Waals surface area (Å²) in [4.78, 5) is 1.18. The van der Waals surface area contributed by atoms with E-state index >= 15 is 0 Å². The Morgan fingerprint density at radius 1 is 1.22 bits per heavy atom. The highest BCUT2D eigenvalue weighted by atomic mass is 79.9. The molecule has 1 aromatic carbocycles. The molecular formula is C15H16BrClS. The van der Waals surface area contributed by atoms with Gasteiger partial charge in [-0.05, 0) is 51.3 Å². The molecule has 0 fully saturated rings. The van der Waals surface area contributed by atoms with Gasteiger partial charge < -0.3 is 0 Å². The smallest absolute Gasteiger partial charge is 0.0939 e. The number of unbranched alkanes of at least 4 members (excludes halogenated alkanes) is 1. The second kappa shape index (κ2) is 6.74. The monoisotopic (exact) mass is 342 g/mol. The fourth-order valence-corrected chi connectivity index (χ4v) is 4.02. The lowest BCUT2D eigenvalue weighted by atomic mass is 10.0. The van der Waals surface area contributed by atoms with Gasteiger partial charge in [0.05, 0.1) is 5.38 Å². The molecule has 0 radical (unpaired) electrons. The third-order valence-electron chi connectivity index (χ3n) is 2.97. The molecule has 0 aliphatic rings. The third-order valence-corrected chi connectivity index (χ3v) is 5.50. The van der Waals surface area contributed by atoms with Crippen molar-refractivity contribution in [3.63, 3.8) is 0 Å². The molecule has 0 amide bonds. The van der Waals surface area contributed by atoms with Gasteiger partial charge in [0.1, 0.15) is 0 Å². The van der Waals surface area contributed by atoms with Gasteiger partial charge in [0.2, 0.25) is 0 Å². The van der Waals surface area contributed by atoms with E-state index in [1.54, 1.807) is 11.3 Å². The summed E-state index contributed by atoms with van der Waals surface area (Å²) < 4.78 is 1.10. The first-order valence-corrected chi connectivity index (χ1v) is 8.29. The Morgan fingerprint density at radius 3 is 2.50 bits per heavy atom. The second-order valence-corrected chi connectivity index (χ2v) is 6.58. The summed E-state index contributed by atoms with van der Waals surface area (Å²) in [6.45, 7) is 2.22. The van der Waals surface area contributed by atoms with Gasteiger partial charge in [-0.1, -0.05) is 37.6 Å². The lowest BCUT2D eigenvalue weighted by molar-refractivity contribution is 0.794. The van der Waals surface area contributed by atoms with Crippen molar-refractivity contribution in [3.05, 3.63) is 56.2 Å². The summed E-state index contributed by atoms with van der Waals surface area (Å²) in [5.41, 5.74) is 2.56. The largest absolute Gasteiger partial charge is 0.146 e. The first-order chi connectivity index (χ1) is 8.72. The van der Waals surface area contributed by atoms with Gasteiger partial charge >= 0.3 is 0 Å². The van der Waals surface area contributed by atoms with E-state index in [9.17, 15) is 0 Å². The minimum atomic E-state index is -0.0559. The van der Waals surface area contributed by atoms with Crippen molar-refractivity contribution in [1.82, 2.24) is 0 Å². The minimum Gasteiger partial charge on any atom is -0.146 e. The number of rotatable bonds is 5. The molecule has 0 spiro atoms. The van der Waals surface area contributed by atoms with Crippen molar-refractivity contribution in [2.24, 2.45) is 0 Å². The van der Waals surface area contributed by atoms with Gasteiger partial charge in [-0.15, -0.1) is 22.9 Å². The van der Waals surface area contributed by atoms with Gasteiger partial charge in [-0.3, -0.25) is 0 Å². The maximum atomic E-state index is 6.52. The SMILES string of the molecule is CCCCc1ccc(C(Cl)c2sccc2Br)cc1. The van der Waals surface area contributed by atoms with Crippen molar-refractivity contribution < 1.29 is 0 Å². The van der Waals surface area contributed by atoms with Crippen molar-refractivity contribution in [1.29, 1.82) is 0 Å². The summed E-state index contributed by atoms with van der Waals surface area (Å²) in [5.74, 6) is 0. The molecule has 96 valence electrons. The number of thiophene rings is 1. The molecule has 1 aromatic heterocycles. The quantitative estimate of drug-likeness (QED) is 0.568. The average Bonchev–Trinajstić information content (AvgIpc) is 2.82. The molecule has 3 heteroatoms. The molecule has 0 aliphatic heterocycles. The highest BCUT2D eigenvalue weighted by Gasteiger charge is 2.15. The van der Waals surface area contributed by atoms with Crippen LogP contribution >= 0.6 is 38.9 Å². The van der Waals surface area contributed by atoms with Gasteiger partial charge in [0, 0.05) is 9.35 Å². The van der Waals surface area contributed by atoms with Crippen LogP contribution in [0.25, 0.3) is 0 Å². The molecule has 0 saturated heterocycles. The van der Waals surface area contributed by atoms with Crippen LogP contribution in [0.5, 0.6) is 0 Å². The summed E-state index contributed by atoms with van der Waals surface area (Å²) in [6.07, 6.45) is 3.65. The summed E-state index contributed by atoms with van der Waals surface area (Å²) in [7, 11) is 0. The number of hydrogen-bond donors (Lipinski definition) is 0. The lowest BCUT2D eigenvalue weighted by Crippen LogP contribution is -1.92. The maximum absolute atomic E-state index is 6.52. The molecule has 0 nitrogen and oxygen atoms in total. The fraction of sp³-hybridized carbons (Fsp3) is 0.333. The highest BCUT2D eigenvalue weighted by molar-refractivity contribution is 9.10. The summed E-state index contributed by atoms with van der Waals surface area (Å²) in [5, 5.41) is 2.00. The van der Waals surface area contributed by atoms with Gasteiger partial charge in [0.25, 0.3) is 0 Å². The number of halogens is 2. The Kier molecular flexibility index (Phi) is 5.28. The van der Waals surface area contributed by atoms with Gasteiger partial charge in [-0.25, -0.2) is 0 Å². The molecule has 0 N–H and O–H groups in total. The Balaban J connectivity index is 2.12. The van der Waals surface area contributed by atoms with Crippen LogP contribution in [0.15, 0.2) is 40.2 Å². The van der Waals surface area contributed by atoms with Crippen molar-refractivity contribution >= 4 is 38.9 Å². The van der Waals surface area contributed by atoms with Crippen LogP contribution < -0.4 is 0 Å². The molecule has 1 atom stereocenters. The van der Waals surface area contributed by atoms with Crippen molar-refractivity contribution in [2.45, 2.75) is 31.6 Å². The molecule has 2 rings (SSSR count). The van der Waals surface area contributed by atoms with Crippen molar-refractivity contribution in [2.75, 3.05) is 0 Å². The first kappa shape index (κ1) is 14.1. The van der Waals surface area contributed by atoms with E-state index in [4.69, 9.17) is 11.6 Å². The molecule has 2 aromatic rings.